The highest BCUT2D eigenvalue weighted by Gasteiger charge is 2.13. The van der Waals surface area contributed by atoms with Gasteiger partial charge in [0.25, 0.3) is 0 Å². The van der Waals surface area contributed by atoms with E-state index in [0.717, 1.165) is 34.5 Å². The Kier molecular flexibility index (Phi) is 4.88. The summed E-state index contributed by atoms with van der Waals surface area (Å²) < 4.78 is 16.7. The van der Waals surface area contributed by atoms with Crippen molar-refractivity contribution in [2.45, 2.75) is 18.0 Å². The highest BCUT2D eigenvalue weighted by atomic mass is 32.2. The molecule has 0 saturated carbocycles. The molecule has 4 rings (SSSR count). The standard InChI is InChI=1S/C19H16N2O4S/c22-17-5-4-13-16(25-17)12-15-14(6-10-23-15)18(13)24-9-1-2-11-26-19-20-7-3-8-21-19/h3-8,10,12H,1-2,9,11H2. The van der Waals surface area contributed by atoms with Crippen molar-refractivity contribution < 1.29 is 13.6 Å². The normalized spacial score (nSPS) is 11.2. The molecule has 0 atom stereocenters. The Bertz CT molecular complexity index is 1080. The molecule has 3 aromatic heterocycles. The Morgan fingerprint density at radius 1 is 1.04 bits per heavy atom. The molecular weight excluding hydrogens is 352 g/mol. The van der Waals surface area contributed by atoms with E-state index in [0.29, 0.717) is 23.5 Å². The molecule has 1 aromatic carbocycles. The number of unbranched alkanes of at least 4 members (excludes halogenated alkanes) is 1. The Labute approximate surface area is 153 Å². The molecule has 0 radical (unpaired) electrons. The lowest BCUT2D eigenvalue weighted by atomic mass is 10.1. The number of thioether (sulfide) groups is 1. The summed E-state index contributed by atoms with van der Waals surface area (Å²) >= 11 is 1.63. The summed E-state index contributed by atoms with van der Waals surface area (Å²) in [7, 11) is 0. The van der Waals surface area contributed by atoms with Gasteiger partial charge >= 0.3 is 5.63 Å². The monoisotopic (exact) mass is 368 g/mol. The van der Waals surface area contributed by atoms with Crippen LogP contribution in [-0.2, 0) is 0 Å². The minimum Gasteiger partial charge on any atom is -0.492 e. The molecule has 0 bridgehead atoms. The molecule has 0 aliphatic rings. The predicted molar refractivity (Wildman–Crippen MR) is 99.7 cm³/mol. The molecule has 4 aromatic rings. The van der Waals surface area contributed by atoms with Gasteiger partial charge in [0.1, 0.15) is 16.9 Å². The molecule has 0 aliphatic heterocycles. The number of benzene rings is 1. The number of nitrogens with zero attached hydrogens (tertiary/aromatic N) is 2. The van der Waals surface area contributed by atoms with Gasteiger partial charge in [-0.1, -0.05) is 11.8 Å². The first kappa shape index (κ1) is 16.7. The summed E-state index contributed by atoms with van der Waals surface area (Å²) in [4.78, 5) is 19.8. The second-order valence-electron chi connectivity index (χ2n) is 5.64. The van der Waals surface area contributed by atoms with Crippen molar-refractivity contribution in [3.8, 4) is 5.75 Å². The van der Waals surface area contributed by atoms with Gasteiger partial charge in [0, 0.05) is 30.3 Å². The van der Waals surface area contributed by atoms with Crippen LogP contribution in [0, 0.1) is 0 Å². The Morgan fingerprint density at radius 2 is 1.88 bits per heavy atom. The van der Waals surface area contributed by atoms with E-state index in [-0.39, 0.29) is 0 Å². The number of furan rings is 1. The number of fused-ring (bicyclic) bond motifs is 2. The van der Waals surface area contributed by atoms with Gasteiger partial charge in [-0.3, -0.25) is 0 Å². The van der Waals surface area contributed by atoms with E-state index >= 15 is 0 Å². The Balaban J connectivity index is 1.41. The molecule has 0 amide bonds. The van der Waals surface area contributed by atoms with E-state index in [4.69, 9.17) is 13.6 Å². The topological polar surface area (TPSA) is 78.4 Å². The zero-order chi connectivity index (χ0) is 17.8. The lowest BCUT2D eigenvalue weighted by Crippen LogP contribution is -2.01. The Hall–Kier alpha value is -2.80. The van der Waals surface area contributed by atoms with Gasteiger partial charge in [-0.05, 0) is 31.0 Å². The molecular formula is C19H16N2O4S. The number of ether oxygens (including phenoxy) is 1. The summed E-state index contributed by atoms with van der Waals surface area (Å²) in [5.74, 6) is 1.62. The van der Waals surface area contributed by atoms with E-state index in [1.807, 2.05) is 6.07 Å². The van der Waals surface area contributed by atoms with Gasteiger partial charge in [-0.2, -0.15) is 0 Å². The molecule has 0 spiro atoms. The van der Waals surface area contributed by atoms with Gasteiger partial charge in [-0.15, -0.1) is 0 Å². The predicted octanol–water partition coefficient (Wildman–Crippen LogP) is 4.28. The molecule has 0 N–H and O–H groups in total. The number of rotatable bonds is 7. The lowest BCUT2D eigenvalue weighted by Gasteiger charge is -2.10. The summed E-state index contributed by atoms with van der Waals surface area (Å²) in [6, 6.07) is 8.51. The van der Waals surface area contributed by atoms with Crippen molar-refractivity contribution >= 4 is 33.7 Å². The smallest absolute Gasteiger partial charge is 0.336 e. The first-order valence-electron chi connectivity index (χ1n) is 8.28. The van der Waals surface area contributed by atoms with Crippen LogP contribution in [0.5, 0.6) is 5.75 Å². The Morgan fingerprint density at radius 3 is 2.77 bits per heavy atom. The fraction of sp³-hybridized carbons (Fsp3) is 0.211. The van der Waals surface area contributed by atoms with Crippen LogP contribution in [0.2, 0.25) is 0 Å². The van der Waals surface area contributed by atoms with Gasteiger partial charge < -0.3 is 13.6 Å². The molecule has 0 fully saturated rings. The van der Waals surface area contributed by atoms with E-state index in [9.17, 15) is 4.79 Å². The molecule has 7 heteroatoms. The summed E-state index contributed by atoms with van der Waals surface area (Å²) in [6.07, 6.45) is 6.97. The fourth-order valence-corrected chi connectivity index (χ4v) is 3.47. The molecule has 0 saturated heterocycles. The SMILES string of the molecule is O=c1ccc2c(OCCCCSc3ncccn3)c3ccoc3cc2o1. The van der Waals surface area contributed by atoms with Crippen LogP contribution < -0.4 is 10.4 Å². The molecule has 3 heterocycles. The highest BCUT2D eigenvalue weighted by Crippen LogP contribution is 2.35. The zero-order valence-corrected chi connectivity index (χ0v) is 14.7. The maximum Gasteiger partial charge on any atom is 0.336 e. The third-order valence-corrected chi connectivity index (χ3v) is 4.83. The van der Waals surface area contributed by atoms with Crippen molar-refractivity contribution in [3.05, 3.63) is 59.4 Å². The summed E-state index contributed by atoms with van der Waals surface area (Å²) in [5.41, 5.74) is 0.708. The van der Waals surface area contributed by atoms with Crippen LogP contribution in [0.1, 0.15) is 12.8 Å². The lowest BCUT2D eigenvalue weighted by molar-refractivity contribution is 0.316. The quantitative estimate of drug-likeness (QED) is 0.208. The molecule has 0 unspecified atom stereocenters. The number of aromatic nitrogens is 2. The number of hydrogen-bond donors (Lipinski definition) is 0. The molecule has 132 valence electrons. The summed E-state index contributed by atoms with van der Waals surface area (Å²) in [6.45, 7) is 0.564. The third-order valence-electron chi connectivity index (χ3n) is 3.87. The largest absolute Gasteiger partial charge is 0.492 e. The molecule has 26 heavy (non-hydrogen) atoms. The van der Waals surface area contributed by atoms with Crippen LogP contribution in [-0.4, -0.2) is 22.3 Å². The van der Waals surface area contributed by atoms with Crippen molar-refractivity contribution in [2.24, 2.45) is 0 Å². The van der Waals surface area contributed by atoms with Crippen LogP contribution in [0.25, 0.3) is 21.9 Å². The van der Waals surface area contributed by atoms with Crippen LogP contribution >= 0.6 is 11.8 Å². The fourth-order valence-electron chi connectivity index (χ4n) is 2.67. The number of hydrogen-bond acceptors (Lipinski definition) is 7. The van der Waals surface area contributed by atoms with Crippen molar-refractivity contribution in [3.63, 3.8) is 0 Å². The van der Waals surface area contributed by atoms with E-state index < -0.39 is 5.63 Å². The minimum atomic E-state index is -0.394. The summed E-state index contributed by atoms with van der Waals surface area (Å²) in [5, 5.41) is 2.43. The minimum absolute atomic E-state index is 0.394. The maximum atomic E-state index is 11.5. The first-order chi connectivity index (χ1) is 12.8. The average Bonchev–Trinajstić information content (AvgIpc) is 3.12. The third kappa shape index (κ3) is 3.57. The van der Waals surface area contributed by atoms with Crippen LogP contribution in [0.3, 0.4) is 0 Å². The van der Waals surface area contributed by atoms with Crippen molar-refractivity contribution in [1.82, 2.24) is 9.97 Å². The van der Waals surface area contributed by atoms with Crippen molar-refractivity contribution in [1.29, 1.82) is 0 Å². The first-order valence-corrected chi connectivity index (χ1v) is 9.26. The van der Waals surface area contributed by atoms with Crippen LogP contribution in [0.4, 0.5) is 0 Å². The van der Waals surface area contributed by atoms with Gasteiger partial charge in [0.15, 0.2) is 5.16 Å². The zero-order valence-electron chi connectivity index (χ0n) is 13.9. The van der Waals surface area contributed by atoms with Gasteiger partial charge in [0.2, 0.25) is 0 Å². The second kappa shape index (κ2) is 7.61. The van der Waals surface area contributed by atoms with E-state index in [2.05, 4.69) is 9.97 Å². The molecule has 6 nitrogen and oxygen atoms in total. The average molecular weight is 368 g/mol. The van der Waals surface area contributed by atoms with Crippen LogP contribution in [0.15, 0.2) is 67.8 Å². The molecule has 0 aliphatic carbocycles. The highest BCUT2D eigenvalue weighted by molar-refractivity contribution is 7.99. The van der Waals surface area contributed by atoms with E-state index in [1.54, 1.807) is 48.6 Å². The van der Waals surface area contributed by atoms with Gasteiger partial charge in [-0.25, -0.2) is 14.8 Å². The van der Waals surface area contributed by atoms with Gasteiger partial charge in [0.05, 0.1) is 23.6 Å². The van der Waals surface area contributed by atoms with Crippen molar-refractivity contribution in [2.75, 3.05) is 12.4 Å². The van der Waals surface area contributed by atoms with E-state index in [1.165, 1.54) is 6.07 Å². The maximum absolute atomic E-state index is 11.5. The second-order valence-corrected chi connectivity index (χ2v) is 6.70.